The van der Waals surface area contributed by atoms with Crippen molar-refractivity contribution in [3.8, 4) is 0 Å². The van der Waals surface area contributed by atoms with E-state index in [0.29, 0.717) is 0 Å². The van der Waals surface area contributed by atoms with Crippen LogP contribution in [0.15, 0.2) is 6.20 Å². The molecule has 5 nitrogen and oxygen atoms in total. The molecule has 1 aliphatic carbocycles. The number of piperazine rings is 1. The average Bonchev–Trinajstić information content (AvgIpc) is 2.96. The summed E-state index contributed by atoms with van der Waals surface area (Å²) in [4.78, 5) is 14.6. The van der Waals surface area contributed by atoms with E-state index < -0.39 is 0 Å². The Morgan fingerprint density at radius 1 is 0.964 bits per heavy atom. The van der Waals surface area contributed by atoms with Gasteiger partial charge in [0.25, 0.3) is 0 Å². The van der Waals surface area contributed by atoms with Crippen LogP contribution < -0.4 is 4.90 Å². The van der Waals surface area contributed by atoms with E-state index in [2.05, 4.69) is 22.9 Å². The fourth-order valence-electron chi connectivity index (χ4n) is 5.14. The number of rotatable bonds is 6. The predicted molar refractivity (Wildman–Crippen MR) is 114 cm³/mol. The lowest BCUT2D eigenvalue weighted by molar-refractivity contribution is 0.0627. The number of nitrogens with zero attached hydrogens (tertiary/aromatic N) is 4. The van der Waals surface area contributed by atoms with Gasteiger partial charge in [0.2, 0.25) is 5.95 Å². The number of aromatic nitrogens is 2. The summed E-state index contributed by atoms with van der Waals surface area (Å²) in [6.45, 7) is 9.74. The summed E-state index contributed by atoms with van der Waals surface area (Å²) >= 11 is 0. The molecule has 0 radical (unpaired) electrons. The van der Waals surface area contributed by atoms with Crippen molar-refractivity contribution in [3.05, 3.63) is 17.5 Å². The molecule has 0 spiro atoms. The zero-order valence-corrected chi connectivity index (χ0v) is 17.7. The molecule has 1 atom stereocenters. The average molecular weight is 387 g/mol. The first kappa shape index (κ1) is 20.1. The molecule has 3 aliphatic rings. The summed E-state index contributed by atoms with van der Waals surface area (Å²) in [5, 5.41) is 0. The Hall–Kier alpha value is -1.20. The molecule has 1 aromatic heterocycles. The van der Waals surface area contributed by atoms with Crippen molar-refractivity contribution >= 4 is 5.95 Å². The topological polar surface area (TPSA) is 41.5 Å². The Morgan fingerprint density at radius 2 is 1.68 bits per heavy atom. The van der Waals surface area contributed by atoms with Gasteiger partial charge in [0, 0.05) is 51.3 Å². The summed E-state index contributed by atoms with van der Waals surface area (Å²) in [5.74, 6) is 2.75. The fraction of sp³-hybridized carbons (Fsp3) is 0.826. The lowest BCUT2D eigenvalue weighted by Gasteiger charge is -2.34. The molecule has 1 aromatic rings. The van der Waals surface area contributed by atoms with Crippen LogP contribution in [0.4, 0.5) is 5.95 Å². The van der Waals surface area contributed by atoms with Crippen LogP contribution in [0.5, 0.6) is 0 Å². The highest BCUT2D eigenvalue weighted by atomic mass is 16.5. The highest BCUT2D eigenvalue weighted by molar-refractivity contribution is 5.34. The summed E-state index contributed by atoms with van der Waals surface area (Å²) < 4.78 is 5.49. The van der Waals surface area contributed by atoms with Gasteiger partial charge in [0.05, 0.1) is 0 Å². The van der Waals surface area contributed by atoms with Gasteiger partial charge in [-0.15, -0.1) is 0 Å². The van der Waals surface area contributed by atoms with Crippen LogP contribution in [-0.2, 0) is 17.6 Å². The van der Waals surface area contributed by atoms with Crippen LogP contribution in [0.3, 0.4) is 0 Å². The second-order valence-electron chi connectivity index (χ2n) is 8.99. The van der Waals surface area contributed by atoms with Crippen molar-refractivity contribution in [3.63, 3.8) is 0 Å². The molecule has 2 saturated heterocycles. The highest BCUT2D eigenvalue weighted by Crippen LogP contribution is 2.29. The highest BCUT2D eigenvalue weighted by Gasteiger charge is 2.22. The molecule has 2 aliphatic heterocycles. The standard InChI is InChI=1S/C23H38N4O/c1-2-26-12-14-27(15-13-26)23-24-18-21-8-6-19(7-9-22(21)25-23)4-3-5-20-10-16-28-17-11-20/h18-20H,2-17H2,1H3. The zero-order valence-electron chi connectivity index (χ0n) is 17.7. The third kappa shape index (κ3) is 5.24. The monoisotopic (exact) mass is 386 g/mol. The molecule has 0 bridgehead atoms. The van der Waals surface area contributed by atoms with E-state index >= 15 is 0 Å². The molecule has 0 amide bonds. The van der Waals surface area contributed by atoms with Gasteiger partial charge in [-0.25, -0.2) is 9.97 Å². The van der Waals surface area contributed by atoms with E-state index in [4.69, 9.17) is 14.7 Å². The van der Waals surface area contributed by atoms with E-state index in [1.165, 1.54) is 62.6 Å². The number of aryl methyl sites for hydroxylation is 2. The molecule has 2 fully saturated rings. The van der Waals surface area contributed by atoms with Crippen LogP contribution in [0.2, 0.25) is 0 Å². The molecular weight excluding hydrogens is 348 g/mol. The maximum Gasteiger partial charge on any atom is 0.225 e. The largest absolute Gasteiger partial charge is 0.381 e. The van der Waals surface area contributed by atoms with E-state index in [1.54, 1.807) is 0 Å². The third-order valence-corrected chi connectivity index (χ3v) is 7.22. The van der Waals surface area contributed by atoms with Crippen molar-refractivity contribution in [1.82, 2.24) is 14.9 Å². The first-order valence-corrected chi connectivity index (χ1v) is 11.7. The Balaban J connectivity index is 1.26. The van der Waals surface area contributed by atoms with Crippen molar-refractivity contribution < 1.29 is 4.74 Å². The Labute approximate surface area is 170 Å². The second kappa shape index (κ2) is 10.0. The minimum absolute atomic E-state index is 0.866. The number of ether oxygens (including phenoxy) is 1. The Kier molecular flexibility index (Phi) is 7.19. The van der Waals surface area contributed by atoms with Gasteiger partial charge in [-0.1, -0.05) is 26.2 Å². The van der Waals surface area contributed by atoms with Gasteiger partial charge in [0.15, 0.2) is 0 Å². The summed E-state index contributed by atoms with van der Waals surface area (Å²) in [6, 6.07) is 0. The van der Waals surface area contributed by atoms with Crippen molar-refractivity contribution in [1.29, 1.82) is 0 Å². The normalized spacial score (nSPS) is 24.8. The van der Waals surface area contributed by atoms with E-state index in [9.17, 15) is 0 Å². The minimum Gasteiger partial charge on any atom is -0.381 e. The smallest absolute Gasteiger partial charge is 0.225 e. The summed E-state index contributed by atoms with van der Waals surface area (Å²) in [6.07, 6.45) is 13.8. The predicted octanol–water partition coefficient (Wildman–Crippen LogP) is 3.71. The summed E-state index contributed by atoms with van der Waals surface area (Å²) in [5.41, 5.74) is 2.73. The lowest BCUT2D eigenvalue weighted by Crippen LogP contribution is -2.46. The molecule has 156 valence electrons. The molecule has 28 heavy (non-hydrogen) atoms. The van der Waals surface area contributed by atoms with Crippen LogP contribution in [0, 0.1) is 11.8 Å². The van der Waals surface area contributed by atoms with Crippen molar-refractivity contribution in [2.75, 3.05) is 50.8 Å². The Morgan fingerprint density at radius 3 is 2.43 bits per heavy atom. The fourth-order valence-corrected chi connectivity index (χ4v) is 5.14. The number of anilines is 1. The van der Waals surface area contributed by atoms with Gasteiger partial charge in [0.1, 0.15) is 0 Å². The van der Waals surface area contributed by atoms with E-state index in [0.717, 1.165) is 70.1 Å². The first-order valence-electron chi connectivity index (χ1n) is 11.7. The van der Waals surface area contributed by atoms with Crippen LogP contribution in [0.1, 0.15) is 63.1 Å². The van der Waals surface area contributed by atoms with Gasteiger partial charge in [-0.2, -0.15) is 0 Å². The van der Waals surface area contributed by atoms with Crippen molar-refractivity contribution in [2.24, 2.45) is 11.8 Å². The molecular formula is C23H38N4O. The quantitative estimate of drug-likeness (QED) is 0.697. The van der Waals surface area contributed by atoms with Gasteiger partial charge in [-0.3, -0.25) is 0 Å². The van der Waals surface area contributed by atoms with Gasteiger partial charge >= 0.3 is 0 Å². The molecule has 4 rings (SSSR count). The minimum atomic E-state index is 0.866. The van der Waals surface area contributed by atoms with Crippen LogP contribution in [0.25, 0.3) is 0 Å². The molecule has 3 heterocycles. The summed E-state index contributed by atoms with van der Waals surface area (Å²) in [7, 11) is 0. The van der Waals surface area contributed by atoms with Crippen LogP contribution in [-0.4, -0.2) is 60.8 Å². The van der Waals surface area contributed by atoms with Crippen LogP contribution >= 0.6 is 0 Å². The van der Waals surface area contributed by atoms with Gasteiger partial charge in [-0.05, 0) is 62.5 Å². The number of hydrogen-bond acceptors (Lipinski definition) is 5. The number of likely N-dealkylation sites (N-methyl/N-ethyl adjacent to an activating group) is 1. The molecule has 1 unspecified atom stereocenters. The number of fused-ring (bicyclic) bond motifs is 1. The van der Waals surface area contributed by atoms with Crippen molar-refractivity contribution in [2.45, 2.75) is 64.7 Å². The molecule has 5 heteroatoms. The maximum atomic E-state index is 5.49. The van der Waals surface area contributed by atoms with E-state index in [-0.39, 0.29) is 0 Å². The molecule has 0 aromatic carbocycles. The Bertz CT molecular complexity index is 609. The SMILES string of the molecule is CCN1CCN(c2ncc3c(n2)CCC(CCCC2CCOCC2)CC3)CC1. The maximum absolute atomic E-state index is 5.49. The number of hydrogen-bond donors (Lipinski definition) is 0. The molecule has 0 saturated carbocycles. The second-order valence-corrected chi connectivity index (χ2v) is 8.99. The van der Waals surface area contributed by atoms with Gasteiger partial charge < -0.3 is 14.5 Å². The lowest BCUT2D eigenvalue weighted by atomic mass is 9.89. The van der Waals surface area contributed by atoms with E-state index in [1.807, 2.05) is 0 Å². The first-order chi connectivity index (χ1) is 13.8. The zero-order chi connectivity index (χ0) is 19.2. The molecule has 0 N–H and O–H groups in total. The third-order valence-electron chi connectivity index (χ3n) is 7.22.